The molecule has 1 aliphatic rings. The summed E-state index contributed by atoms with van der Waals surface area (Å²) in [5, 5.41) is 2.80. The van der Waals surface area contributed by atoms with Crippen LogP contribution in [0.2, 0.25) is 0 Å². The summed E-state index contributed by atoms with van der Waals surface area (Å²) in [7, 11) is 0. The van der Waals surface area contributed by atoms with Crippen LogP contribution in [0.25, 0.3) is 0 Å². The number of hydrogen-bond acceptors (Lipinski definition) is 1. The lowest BCUT2D eigenvalue weighted by molar-refractivity contribution is -0.117. The molecule has 1 amide bonds. The Hall–Kier alpha value is -1.31. The van der Waals surface area contributed by atoms with E-state index in [0.717, 1.165) is 6.42 Å². The summed E-state index contributed by atoms with van der Waals surface area (Å²) in [5.74, 6) is 0.441. The predicted octanol–water partition coefficient (Wildman–Crippen LogP) is 1.81. The summed E-state index contributed by atoms with van der Waals surface area (Å²) in [6.45, 7) is 5.99. The summed E-state index contributed by atoms with van der Waals surface area (Å²) in [4.78, 5) is 11.1. The minimum Gasteiger partial charge on any atom is -0.352 e. The molecule has 0 aromatic carbocycles. The molecule has 70 valence electrons. The van der Waals surface area contributed by atoms with Gasteiger partial charge in [0.2, 0.25) is 5.91 Å². The highest BCUT2D eigenvalue weighted by molar-refractivity contribution is 5.91. The lowest BCUT2D eigenvalue weighted by Crippen LogP contribution is -2.25. The van der Waals surface area contributed by atoms with Crippen molar-refractivity contribution in [2.24, 2.45) is 5.92 Å². The molecule has 0 aromatic heterocycles. The van der Waals surface area contributed by atoms with E-state index in [-0.39, 0.29) is 5.91 Å². The molecule has 0 saturated carbocycles. The summed E-state index contributed by atoms with van der Waals surface area (Å²) in [5.41, 5.74) is 0.567. The van der Waals surface area contributed by atoms with E-state index in [2.05, 4.69) is 24.0 Å². The zero-order chi connectivity index (χ0) is 9.68. The van der Waals surface area contributed by atoms with Crippen LogP contribution in [-0.4, -0.2) is 12.5 Å². The van der Waals surface area contributed by atoms with Crippen molar-refractivity contribution in [1.82, 2.24) is 5.32 Å². The van der Waals surface area contributed by atoms with Crippen molar-refractivity contribution in [3.8, 4) is 0 Å². The molecule has 1 aliphatic carbocycles. The number of hydrogen-bond donors (Lipinski definition) is 1. The first kappa shape index (κ1) is 9.78. The van der Waals surface area contributed by atoms with Crippen molar-refractivity contribution in [2.45, 2.75) is 13.3 Å². The Morgan fingerprint density at radius 3 is 2.62 bits per heavy atom. The van der Waals surface area contributed by atoms with E-state index < -0.39 is 0 Å². The molecule has 13 heavy (non-hydrogen) atoms. The molecule has 0 atom stereocenters. The topological polar surface area (TPSA) is 29.1 Å². The van der Waals surface area contributed by atoms with Crippen molar-refractivity contribution in [1.29, 1.82) is 0 Å². The largest absolute Gasteiger partial charge is 0.352 e. The highest BCUT2D eigenvalue weighted by Crippen LogP contribution is 2.11. The van der Waals surface area contributed by atoms with E-state index in [1.807, 2.05) is 12.2 Å². The van der Waals surface area contributed by atoms with Crippen LogP contribution < -0.4 is 5.32 Å². The van der Waals surface area contributed by atoms with Gasteiger partial charge in [0.05, 0.1) is 0 Å². The number of amides is 1. The highest BCUT2D eigenvalue weighted by atomic mass is 16.1. The Morgan fingerprint density at radius 1 is 1.46 bits per heavy atom. The van der Waals surface area contributed by atoms with Crippen molar-refractivity contribution >= 4 is 5.91 Å². The van der Waals surface area contributed by atoms with Gasteiger partial charge in [0, 0.05) is 12.1 Å². The molecule has 0 unspecified atom stereocenters. The van der Waals surface area contributed by atoms with Gasteiger partial charge in [-0.05, 0) is 19.3 Å². The molecule has 2 nitrogen and oxygen atoms in total. The van der Waals surface area contributed by atoms with Crippen molar-refractivity contribution in [3.63, 3.8) is 0 Å². The van der Waals surface area contributed by atoms with E-state index in [9.17, 15) is 4.79 Å². The van der Waals surface area contributed by atoms with Gasteiger partial charge in [-0.1, -0.05) is 30.9 Å². The third-order valence-corrected chi connectivity index (χ3v) is 1.98. The van der Waals surface area contributed by atoms with Crippen molar-refractivity contribution < 1.29 is 4.79 Å². The number of nitrogens with one attached hydrogen (secondary N) is 1. The fraction of sp³-hybridized carbons (Fsp3) is 0.364. The van der Waals surface area contributed by atoms with Gasteiger partial charge in [0.1, 0.15) is 0 Å². The quantitative estimate of drug-likeness (QED) is 0.652. The summed E-state index contributed by atoms with van der Waals surface area (Å²) in [6, 6.07) is 0. The fourth-order valence-corrected chi connectivity index (χ4v) is 1.17. The maximum absolute atomic E-state index is 11.1. The van der Waals surface area contributed by atoms with E-state index in [1.54, 1.807) is 6.92 Å². The normalized spacial score (nSPS) is 14.8. The second-order valence-corrected chi connectivity index (χ2v) is 3.26. The standard InChI is InChI=1S/C11H15NO/c1-9(2)11(13)12-8-7-10-5-3-4-6-10/h3-6,10H,1,7-8H2,2H3,(H,12,13). The Labute approximate surface area is 79.0 Å². The second kappa shape index (κ2) is 4.65. The van der Waals surface area contributed by atoms with Crippen LogP contribution >= 0.6 is 0 Å². The summed E-state index contributed by atoms with van der Waals surface area (Å²) in [6.07, 6.45) is 9.29. The van der Waals surface area contributed by atoms with Crippen LogP contribution in [0, 0.1) is 5.92 Å². The number of carbonyl (C=O) groups is 1. The molecule has 0 saturated heterocycles. The maximum atomic E-state index is 11.1. The van der Waals surface area contributed by atoms with Gasteiger partial charge in [-0.2, -0.15) is 0 Å². The molecule has 0 radical (unpaired) electrons. The van der Waals surface area contributed by atoms with Gasteiger partial charge >= 0.3 is 0 Å². The van der Waals surface area contributed by atoms with E-state index in [4.69, 9.17) is 0 Å². The number of allylic oxidation sites excluding steroid dienone is 4. The van der Waals surface area contributed by atoms with Crippen molar-refractivity contribution in [2.75, 3.05) is 6.54 Å². The molecule has 0 aromatic rings. The molecule has 0 heterocycles. The van der Waals surface area contributed by atoms with E-state index in [1.165, 1.54) is 0 Å². The first-order valence-corrected chi connectivity index (χ1v) is 4.49. The molecule has 0 fully saturated rings. The van der Waals surface area contributed by atoms with Crippen LogP contribution in [0.5, 0.6) is 0 Å². The van der Waals surface area contributed by atoms with Crippen LogP contribution in [0.3, 0.4) is 0 Å². The van der Waals surface area contributed by atoms with Gasteiger partial charge in [0.15, 0.2) is 0 Å². The Morgan fingerprint density at radius 2 is 2.08 bits per heavy atom. The van der Waals surface area contributed by atoms with Gasteiger partial charge in [0.25, 0.3) is 0 Å². The molecular formula is C11H15NO. The average molecular weight is 177 g/mol. The van der Waals surface area contributed by atoms with E-state index >= 15 is 0 Å². The lowest BCUT2D eigenvalue weighted by Gasteiger charge is -2.06. The highest BCUT2D eigenvalue weighted by Gasteiger charge is 2.04. The third kappa shape index (κ3) is 3.28. The number of carbonyl (C=O) groups excluding carboxylic acids is 1. The predicted molar refractivity (Wildman–Crippen MR) is 54.2 cm³/mol. The molecule has 2 heteroatoms. The average Bonchev–Trinajstić information content (AvgIpc) is 2.56. The number of rotatable bonds is 4. The van der Waals surface area contributed by atoms with Crippen molar-refractivity contribution in [3.05, 3.63) is 36.5 Å². The Kier molecular flexibility index (Phi) is 3.50. The SMILES string of the molecule is C=C(C)C(=O)NCCC1C=CC=C1. The van der Waals surface area contributed by atoms with Gasteiger partial charge < -0.3 is 5.32 Å². The smallest absolute Gasteiger partial charge is 0.246 e. The Balaban J connectivity index is 2.14. The molecule has 0 spiro atoms. The molecule has 1 rings (SSSR count). The summed E-state index contributed by atoms with van der Waals surface area (Å²) < 4.78 is 0. The van der Waals surface area contributed by atoms with Gasteiger partial charge in [-0.3, -0.25) is 4.79 Å². The first-order chi connectivity index (χ1) is 6.20. The monoisotopic (exact) mass is 177 g/mol. The molecule has 0 aliphatic heterocycles. The first-order valence-electron chi connectivity index (χ1n) is 4.49. The maximum Gasteiger partial charge on any atom is 0.246 e. The van der Waals surface area contributed by atoms with Crippen LogP contribution in [-0.2, 0) is 4.79 Å². The fourth-order valence-electron chi connectivity index (χ4n) is 1.17. The molecular weight excluding hydrogens is 162 g/mol. The van der Waals surface area contributed by atoms with Crippen LogP contribution in [0.15, 0.2) is 36.5 Å². The second-order valence-electron chi connectivity index (χ2n) is 3.26. The Bertz CT molecular complexity index is 251. The molecule has 0 bridgehead atoms. The van der Waals surface area contributed by atoms with Crippen LogP contribution in [0.4, 0.5) is 0 Å². The van der Waals surface area contributed by atoms with Crippen LogP contribution in [0.1, 0.15) is 13.3 Å². The zero-order valence-corrected chi connectivity index (χ0v) is 7.92. The van der Waals surface area contributed by atoms with E-state index in [0.29, 0.717) is 18.0 Å². The summed E-state index contributed by atoms with van der Waals surface area (Å²) >= 11 is 0. The molecule has 1 N–H and O–H groups in total. The lowest BCUT2D eigenvalue weighted by atomic mass is 10.1. The minimum atomic E-state index is -0.0500. The van der Waals surface area contributed by atoms with Gasteiger partial charge in [-0.25, -0.2) is 0 Å². The minimum absolute atomic E-state index is 0.0500. The van der Waals surface area contributed by atoms with Gasteiger partial charge in [-0.15, -0.1) is 0 Å². The third-order valence-electron chi connectivity index (χ3n) is 1.98. The zero-order valence-electron chi connectivity index (χ0n) is 7.92.